The number of aryl methyl sites for hydroxylation is 1. The first-order valence-electron chi connectivity index (χ1n) is 11.6. The number of pyridine rings is 1. The summed E-state index contributed by atoms with van der Waals surface area (Å²) >= 11 is 5.70. The lowest BCUT2D eigenvalue weighted by Gasteiger charge is -2.43. The highest BCUT2D eigenvalue weighted by Crippen LogP contribution is 2.48. The Hall–Kier alpha value is -4.23. The Bertz CT molecular complexity index is 1480. The van der Waals surface area contributed by atoms with Gasteiger partial charge >= 0.3 is 0 Å². The lowest BCUT2D eigenvalue weighted by molar-refractivity contribution is -0.123. The van der Waals surface area contributed by atoms with Crippen LogP contribution in [-0.4, -0.2) is 27.4 Å². The lowest BCUT2D eigenvalue weighted by Crippen LogP contribution is -2.55. The molecule has 3 aromatic rings. The Morgan fingerprint density at radius 1 is 1.16 bits per heavy atom. The van der Waals surface area contributed by atoms with Gasteiger partial charge in [0.25, 0.3) is 17.6 Å². The summed E-state index contributed by atoms with van der Waals surface area (Å²) in [7, 11) is 0. The molecule has 0 unspecified atom stereocenters. The number of rotatable bonds is 5. The molecule has 10 heteroatoms. The van der Waals surface area contributed by atoms with Crippen LogP contribution in [0.2, 0.25) is 0 Å². The first-order valence-corrected chi connectivity index (χ1v) is 12.0. The minimum Gasteiger partial charge on any atom is -0.360 e. The van der Waals surface area contributed by atoms with Gasteiger partial charge in [0.15, 0.2) is 5.11 Å². The van der Waals surface area contributed by atoms with Crippen molar-refractivity contribution in [3.8, 4) is 0 Å². The van der Waals surface area contributed by atoms with Crippen molar-refractivity contribution in [2.75, 3.05) is 9.80 Å². The second kappa shape index (κ2) is 9.33. The van der Waals surface area contributed by atoms with Crippen molar-refractivity contribution in [2.45, 2.75) is 38.3 Å². The number of aromatic nitrogens is 1. The highest BCUT2D eigenvalue weighted by atomic mass is 32.1. The van der Waals surface area contributed by atoms with Crippen molar-refractivity contribution in [1.82, 2.24) is 10.3 Å². The van der Waals surface area contributed by atoms with E-state index in [1.54, 1.807) is 24.0 Å². The van der Waals surface area contributed by atoms with Crippen molar-refractivity contribution in [2.24, 2.45) is 0 Å². The lowest BCUT2D eigenvalue weighted by atomic mass is 9.75. The summed E-state index contributed by atoms with van der Waals surface area (Å²) in [5.41, 5.74) is 1.03. The number of benzene rings is 2. The van der Waals surface area contributed by atoms with Gasteiger partial charge < -0.3 is 15.1 Å². The number of amides is 2. The van der Waals surface area contributed by atoms with E-state index in [-0.39, 0.29) is 34.8 Å². The van der Waals surface area contributed by atoms with Crippen LogP contribution >= 0.6 is 12.2 Å². The highest BCUT2D eigenvalue weighted by Gasteiger charge is 2.59. The second-order valence-electron chi connectivity index (χ2n) is 9.06. The molecule has 1 spiro atoms. The van der Waals surface area contributed by atoms with Crippen molar-refractivity contribution < 1.29 is 18.4 Å². The Balaban J connectivity index is 1.41. The zero-order valence-electron chi connectivity index (χ0n) is 19.8. The number of carbonyl (C=O) groups excluding carboxylic acids is 2. The number of thiocarbonyl (C=S) groups is 1. The van der Waals surface area contributed by atoms with Gasteiger partial charge in [0, 0.05) is 12.2 Å². The number of hydrogen-bond acceptors (Lipinski definition) is 4. The zero-order chi connectivity index (χ0) is 26.3. The predicted molar refractivity (Wildman–Crippen MR) is 138 cm³/mol. The van der Waals surface area contributed by atoms with Crippen LogP contribution in [0.25, 0.3) is 4.85 Å². The van der Waals surface area contributed by atoms with Crippen molar-refractivity contribution in [1.29, 1.82) is 0 Å². The number of anilines is 2. The molecule has 186 valence electrons. The molecule has 0 atom stereocenters. The van der Waals surface area contributed by atoms with Crippen LogP contribution in [0.15, 0.2) is 54.7 Å². The topological polar surface area (TPSA) is 69.9 Å². The Morgan fingerprint density at radius 2 is 1.89 bits per heavy atom. The fourth-order valence-corrected chi connectivity index (χ4v) is 5.18. The Kier molecular flexibility index (Phi) is 6.17. The summed E-state index contributed by atoms with van der Waals surface area (Å²) < 4.78 is 28.3. The van der Waals surface area contributed by atoms with E-state index < -0.39 is 17.3 Å². The molecular weight excluding hydrogens is 496 g/mol. The van der Waals surface area contributed by atoms with Crippen LogP contribution in [0.3, 0.4) is 0 Å². The third kappa shape index (κ3) is 4.11. The average Bonchev–Trinajstić information content (AvgIpc) is 3.10. The monoisotopic (exact) mass is 517 g/mol. The number of nitrogens with zero attached hydrogens (tertiary/aromatic N) is 4. The van der Waals surface area contributed by atoms with E-state index in [2.05, 4.69) is 15.1 Å². The van der Waals surface area contributed by atoms with Crippen LogP contribution in [-0.2, 0) is 11.3 Å². The fourth-order valence-electron chi connectivity index (χ4n) is 4.71. The first-order chi connectivity index (χ1) is 17.7. The van der Waals surface area contributed by atoms with E-state index >= 15 is 4.39 Å². The second-order valence-corrected chi connectivity index (χ2v) is 9.43. The summed E-state index contributed by atoms with van der Waals surface area (Å²) in [5, 5.41) is 2.82. The number of carbonyl (C=O) groups is 2. The maximum atomic E-state index is 15.2. The predicted octanol–water partition coefficient (Wildman–Crippen LogP) is 5.21. The molecule has 37 heavy (non-hydrogen) atoms. The van der Waals surface area contributed by atoms with Crippen molar-refractivity contribution in [3.05, 3.63) is 94.5 Å². The summed E-state index contributed by atoms with van der Waals surface area (Å²) in [6.45, 7) is 9.06. The quantitative estimate of drug-likeness (QED) is 0.372. The van der Waals surface area contributed by atoms with Gasteiger partial charge in [-0.05, 0) is 85.9 Å². The third-order valence-electron chi connectivity index (χ3n) is 6.81. The molecule has 1 aromatic heterocycles. The average molecular weight is 518 g/mol. The minimum atomic E-state index is -0.928. The van der Waals surface area contributed by atoms with Crippen LogP contribution in [0.5, 0.6) is 0 Å². The number of halogens is 2. The molecule has 7 nitrogen and oxygen atoms in total. The maximum absolute atomic E-state index is 15.2. The zero-order valence-corrected chi connectivity index (χ0v) is 20.6. The highest BCUT2D eigenvalue weighted by molar-refractivity contribution is 7.81. The Labute approximate surface area is 217 Å². The molecule has 0 bridgehead atoms. The molecule has 1 aliphatic carbocycles. The minimum absolute atomic E-state index is 0.114. The number of nitrogens with one attached hydrogen (secondary N) is 1. The van der Waals surface area contributed by atoms with E-state index in [9.17, 15) is 14.0 Å². The van der Waals surface area contributed by atoms with Gasteiger partial charge in [0.1, 0.15) is 23.4 Å². The van der Waals surface area contributed by atoms with Gasteiger partial charge in [-0.3, -0.25) is 14.5 Å². The standard InChI is InChI=1S/C27H21F2N5O2S/c1-16-12-20(15-31-23(16)30-2)33-25(36)27(10-3-11-27)34(26(33)37)19-8-9-21(22(29)13-19)24(35)32-14-17-4-6-18(28)7-5-17/h4-9,12-13,15H,3,10-11,14H2,1H3,(H,32,35). The maximum Gasteiger partial charge on any atom is 0.272 e. The molecule has 1 N–H and O–H groups in total. The van der Waals surface area contributed by atoms with E-state index in [4.69, 9.17) is 18.8 Å². The molecule has 2 aromatic carbocycles. The van der Waals surface area contributed by atoms with E-state index in [1.165, 1.54) is 47.5 Å². The molecule has 2 amide bonds. The molecule has 1 saturated carbocycles. The molecule has 2 fully saturated rings. The Morgan fingerprint density at radius 3 is 2.49 bits per heavy atom. The number of hydrogen-bond donors (Lipinski definition) is 1. The first kappa shape index (κ1) is 24.5. The van der Waals surface area contributed by atoms with Gasteiger partial charge in [-0.2, -0.15) is 0 Å². The van der Waals surface area contributed by atoms with E-state index in [1.807, 2.05) is 0 Å². The summed E-state index contributed by atoms with van der Waals surface area (Å²) in [6.07, 6.45) is 3.36. The van der Waals surface area contributed by atoms with E-state index in [0.29, 0.717) is 35.3 Å². The van der Waals surface area contributed by atoms with Gasteiger partial charge in [-0.25, -0.2) is 8.78 Å². The molecule has 2 heterocycles. The third-order valence-corrected chi connectivity index (χ3v) is 7.18. The SMILES string of the molecule is [C-]#[N+]c1ncc(N2C(=O)C3(CCC3)N(c3ccc(C(=O)NCc4ccc(F)cc4)c(F)c3)C2=S)cc1C. The van der Waals surface area contributed by atoms with Gasteiger partial charge in [0.05, 0.1) is 11.3 Å². The smallest absolute Gasteiger partial charge is 0.272 e. The van der Waals surface area contributed by atoms with Crippen LogP contribution < -0.4 is 15.1 Å². The molecule has 5 rings (SSSR count). The van der Waals surface area contributed by atoms with Crippen molar-refractivity contribution >= 4 is 46.3 Å². The molecule has 2 aliphatic rings. The van der Waals surface area contributed by atoms with Gasteiger partial charge in [-0.15, -0.1) is 4.98 Å². The van der Waals surface area contributed by atoms with Gasteiger partial charge in [-0.1, -0.05) is 18.7 Å². The van der Waals surface area contributed by atoms with Crippen LogP contribution in [0, 0.1) is 25.1 Å². The fraction of sp³-hybridized carbons (Fsp3) is 0.222. The molecular formula is C27H21F2N5O2S. The van der Waals surface area contributed by atoms with E-state index in [0.717, 1.165) is 6.42 Å². The normalized spacial score (nSPS) is 16.1. The summed E-state index contributed by atoms with van der Waals surface area (Å²) in [4.78, 5) is 36.8. The van der Waals surface area contributed by atoms with Crippen LogP contribution in [0.1, 0.15) is 40.7 Å². The largest absolute Gasteiger partial charge is 0.360 e. The molecule has 1 aliphatic heterocycles. The summed E-state index contributed by atoms with van der Waals surface area (Å²) in [5.74, 6) is -1.73. The van der Waals surface area contributed by atoms with Gasteiger partial charge in [0.2, 0.25) is 0 Å². The van der Waals surface area contributed by atoms with Crippen molar-refractivity contribution in [3.63, 3.8) is 0 Å². The summed E-state index contributed by atoms with van der Waals surface area (Å²) in [6, 6.07) is 11.5. The van der Waals surface area contributed by atoms with Crippen LogP contribution in [0.4, 0.5) is 26.0 Å². The molecule has 0 radical (unpaired) electrons. The molecule has 1 saturated heterocycles.